The van der Waals surface area contributed by atoms with E-state index in [-0.39, 0.29) is 23.6 Å². The molecular weight excluding hydrogens is 282 g/mol. The number of hydrogen-bond donors (Lipinski definition) is 3. The summed E-state index contributed by atoms with van der Waals surface area (Å²) < 4.78 is 0. The maximum absolute atomic E-state index is 12.4. The molecular formula is C16H17N3O3. The fourth-order valence-electron chi connectivity index (χ4n) is 2.71. The normalized spacial score (nSPS) is 21.7. The summed E-state index contributed by atoms with van der Waals surface area (Å²) in [6, 6.07) is 8.28. The van der Waals surface area contributed by atoms with Gasteiger partial charge in [-0.3, -0.25) is 14.6 Å². The first-order chi connectivity index (χ1) is 10.6. The Balaban J connectivity index is 1.83. The minimum absolute atomic E-state index is 0.0725. The molecule has 3 N–H and O–H groups in total. The molecule has 1 atom stereocenters. The molecule has 0 radical (unpaired) electrons. The van der Waals surface area contributed by atoms with Crippen molar-refractivity contribution in [2.45, 2.75) is 25.0 Å². The van der Waals surface area contributed by atoms with Crippen LogP contribution in [0, 0.1) is 5.92 Å². The van der Waals surface area contributed by atoms with Gasteiger partial charge in [-0.15, -0.1) is 0 Å². The van der Waals surface area contributed by atoms with Crippen molar-refractivity contribution in [2.75, 3.05) is 0 Å². The fraction of sp³-hybridized carbons (Fsp3) is 0.312. The number of pyridine rings is 2. The molecule has 0 saturated heterocycles. The van der Waals surface area contributed by atoms with Gasteiger partial charge in [0.05, 0.1) is 17.8 Å². The second-order valence-corrected chi connectivity index (χ2v) is 5.50. The topological polar surface area (TPSA) is 95.1 Å². The Morgan fingerprint density at radius 2 is 2.14 bits per heavy atom. The van der Waals surface area contributed by atoms with Crippen molar-refractivity contribution in [2.24, 2.45) is 5.92 Å². The standard InChI is InChI=1S/C16H17N3O3/c20-11-8-10(9-11)14(13-5-1-2-6-17-13)19-16(22)12-4-3-7-18-15(12)21/h1-7,10-11,14,20H,8-9H2,(H,18,21)(H,19,22)/t10?,11?,14-/m1/s1. The van der Waals surface area contributed by atoms with Crippen molar-refractivity contribution in [3.8, 4) is 0 Å². The fourth-order valence-corrected chi connectivity index (χ4v) is 2.71. The van der Waals surface area contributed by atoms with Gasteiger partial charge in [0.25, 0.3) is 11.5 Å². The Morgan fingerprint density at radius 1 is 1.32 bits per heavy atom. The molecule has 0 unspecified atom stereocenters. The van der Waals surface area contributed by atoms with Crippen molar-refractivity contribution in [1.29, 1.82) is 0 Å². The monoisotopic (exact) mass is 299 g/mol. The lowest BCUT2D eigenvalue weighted by Gasteiger charge is -2.37. The molecule has 3 rings (SSSR count). The van der Waals surface area contributed by atoms with Gasteiger partial charge in [0, 0.05) is 12.4 Å². The average Bonchev–Trinajstić information content (AvgIpc) is 2.51. The van der Waals surface area contributed by atoms with E-state index in [1.165, 1.54) is 12.3 Å². The lowest BCUT2D eigenvalue weighted by Crippen LogP contribution is -2.42. The number of H-pyrrole nitrogens is 1. The molecule has 114 valence electrons. The summed E-state index contributed by atoms with van der Waals surface area (Å²) in [6.07, 6.45) is 4.06. The minimum Gasteiger partial charge on any atom is -0.393 e. The van der Waals surface area contributed by atoms with Gasteiger partial charge in [-0.2, -0.15) is 0 Å². The highest BCUT2D eigenvalue weighted by Crippen LogP contribution is 2.37. The SMILES string of the molecule is O=C(N[C@@H](c1ccccn1)C1CC(O)C1)c1ccc[nH]c1=O. The number of aliphatic hydroxyl groups is 1. The number of hydrogen-bond acceptors (Lipinski definition) is 4. The van der Waals surface area contributed by atoms with Crippen LogP contribution in [0.25, 0.3) is 0 Å². The first kappa shape index (κ1) is 14.5. The number of aliphatic hydroxyl groups excluding tert-OH is 1. The Hall–Kier alpha value is -2.47. The van der Waals surface area contributed by atoms with Crippen molar-refractivity contribution >= 4 is 5.91 Å². The van der Waals surface area contributed by atoms with Crippen molar-refractivity contribution in [1.82, 2.24) is 15.3 Å². The van der Waals surface area contributed by atoms with E-state index in [4.69, 9.17) is 0 Å². The van der Waals surface area contributed by atoms with Gasteiger partial charge >= 0.3 is 0 Å². The van der Waals surface area contributed by atoms with Crippen LogP contribution in [0.15, 0.2) is 47.5 Å². The molecule has 6 nitrogen and oxygen atoms in total. The molecule has 2 aromatic rings. The van der Waals surface area contributed by atoms with Crippen LogP contribution in [0.1, 0.15) is 34.9 Å². The van der Waals surface area contributed by atoms with Gasteiger partial charge in [0.15, 0.2) is 0 Å². The predicted molar refractivity (Wildman–Crippen MR) is 80.2 cm³/mol. The Labute approximate surface area is 127 Å². The molecule has 0 aliphatic heterocycles. The van der Waals surface area contributed by atoms with Crippen molar-refractivity contribution in [3.63, 3.8) is 0 Å². The lowest BCUT2D eigenvalue weighted by molar-refractivity contribution is 0.0228. The smallest absolute Gasteiger partial charge is 0.260 e. The first-order valence-electron chi connectivity index (χ1n) is 7.22. The van der Waals surface area contributed by atoms with E-state index < -0.39 is 11.5 Å². The summed E-state index contributed by atoms with van der Waals surface area (Å²) in [7, 11) is 0. The maximum atomic E-state index is 12.4. The van der Waals surface area contributed by atoms with Gasteiger partial charge in [0.1, 0.15) is 5.56 Å². The number of aromatic amines is 1. The maximum Gasteiger partial charge on any atom is 0.260 e. The largest absolute Gasteiger partial charge is 0.393 e. The Morgan fingerprint density at radius 3 is 2.77 bits per heavy atom. The van der Waals surface area contributed by atoms with Crippen molar-refractivity contribution < 1.29 is 9.90 Å². The number of rotatable bonds is 4. The quantitative estimate of drug-likeness (QED) is 0.785. The number of carbonyl (C=O) groups excluding carboxylic acids is 1. The third-order valence-electron chi connectivity index (χ3n) is 3.98. The predicted octanol–water partition coefficient (Wildman–Crippen LogP) is 1.01. The lowest BCUT2D eigenvalue weighted by atomic mass is 9.76. The van der Waals surface area contributed by atoms with Gasteiger partial charge in [0.2, 0.25) is 0 Å². The summed E-state index contributed by atoms with van der Waals surface area (Å²) >= 11 is 0. The van der Waals surface area contributed by atoms with E-state index in [9.17, 15) is 14.7 Å². The highest BCUT2D eigenvalue weighted by molar-refractivity contribution is 5.94. The van der Waals surface area contributed by atoms with E-state index in [1.807, 2.05) is 12.1 Å². The third-order valence-corrected chi connectivity index (χ3v) is 3.98. The molecule has 1 fully saturated rings. The van der Waals surface area contributed by atoms with Gasteiger partial charge in [-0.25, -0.2) is 0 Å². The molecule has 2 heterocycles. The zero-order valence-electron chi connectivity index (χ0n) is 11.9. The van der Waals surface area contributed by atoms with E-state index in [0.29, 0.717) is 12.8 Å². The zero-order valence-corrected chi connectivity index (χ0v) is 11.9. The molecule has 1 amide bonds. The molecule has 0 spiro atoms. The van der Waals surface area contributed by atoms with E-state index in [1.54, 1.807) is 18.3 Å². The van der Waals surface area contributed by atoms with Crippen LogP contribution < -0.4 is 10.9 Å². The molecule has 0 aromatic carbocycles. The third kappa shape index (κ3) is 2.92. The van der Waals surface area contributed by atoms with Gasteiger partial charge in [-0.05, 0) is 43.0 Å². The number of amides is 1. The van der Waals surface area contributed by atoms with Crippen LogP contribution in [-0.2, 0) is 0 Å². The zero-order chi connectivity index (χ0) is 15.5. The molecule has 1 saturated carbocycles. The van der Waals surface area contributed by atoms with Gasteiger partial charge < -0.3 is 15.4 Å². The highest BCUT2D eigenvalue weighted by Gasteiger charge is 2.36. The highest BCUT2D eigenvalue weighted by atomic mass is 16.3. The summed E-state index contributed by atoms with van der Waals surface area (Å²) in [5.74, 6) is -0.310. The van der Waals surface area contributed by atoms with Crippen LogP contribution in [-0.4, -0.2) is 27.1 Å². The summed E-state index contributed by atoms with van der Waals surface area (Å²) in [5.41, 5.74) is 0.386. The minimum atomic E-state index is -0.432. The van der Waals surface area contributed by atoms with Crippen LogP contribution in [0.4, 0.5) is 0 Å². The number of nitrogens with one attached hydrogen (secondary N) is 2. The first-order valence-corrected chi connectivity index (χ1v) is 7.22. The van der Waals surface area contributed by atoms with E-state index in [0.717, 1.165) is 5.69 Å². The number of carbonyl (C=O) groups is 1. The molecule has 2 aromatic heterocycles. The molecule has 22 heavy (non-hydrogen) atoms. The molecule has 6 heteroatoms. The molecule has 0 bridgehead atoms. The van der Waals surface area contributed by atoms with Gasteiger partial charge in [-0.1, -0.05) is 6.07 Å². The summed E-state index contributed by atoms with van der Waals surface area (Å²) in [6.45, 7) is 0. The second-order valence-electron chi connectivity index (χ2n) is 5.50. The van der Waals surface area contributed by atoms with Crippen LogP contribution in [0.2, 0.25) is 0 Å². The summed E-state index contributed by atoms with van der Waals surface area (Å²) in [4.78, 5) is 30.8. The number of aromatic nitrogens is 2. The molecule has 1 aliphatic carbocycles. The van der Waals surface area contributed by atoms with Crippen LogP contribution in [0.3, 0.4) is 0 Å². The second kappa shape index (κ2) is 6.11. The van der Waals surface area contributed by atoms with E-state index in [2.05, 4.69) is 15.3 Å². The van der Waals surface area contributed by atoms with Crippen molar-refractivity contribution in [3.05, 3.63) is 64.3 Å². The Kier molecular flexibility index (Phi) is 4.02. The number of nitrogens with zero attached hydrogens (tertiary/aromatic N) is 1. The molecule has 1 aliphatic rings. The van der Waals surface area contributed by atoms with Crippen LogP contribution >= 0.6 is 0 Å². The average molecular weight is 299 g/mol. The van der Waals surface area contributed by atoms with E-state index >= 15 is 0 Å². The van der Waals surface area contributed by atoms with Crippen LogP contribution in [0.5, 0.6) is 0 Å². The summed E-state index contributed by atoms with van der Waals surface area (Å²) in [5, 5.41) is 12.4. The Bertz CT molecular complexity index is 708.